The molecule has 2 rings (SSSR count). The van der Waals surface area contributed by atoms with E-state index in [1.807, 2.05) is 23.1 Å². The summed E-state index contributed by atoms with van der Waals surface area (Å²) in [4.78, 5) is 14.7. The number of hydrogen-bond acceptors (Lipinski definition) is 3. The minimum atomic E-state index is -0.114. The number of hydrogen-bond donors (Lipinski definition) is 1. The van der Waals surface area contributed by atoms with Crippen LogP contribution in [-0.4, -0.2) is 43.2 Å². The highest BCUT2D eigenvalue weighted by atomic mass is 16.5. The SMILES string of the molecule is CO[C@H]1CN[C@@H](C(=O)N(Cc2ccccc2)CC(C)C)C1. The molecule has 21 heavy (non-hydrogen) atoms. The molecule has 4 heteroatoms. The van der Waals surface area contributed by atoms with E-state index in [1.54, 1.807) is 7.11 Å². The van der Waals surface area contributed by atoms with Gasteiger partial charge >= 0.3 is 0 Å². The Morgan fingerprint density at radius 1 is 1.38 bits per heavy atom. The quantitative estimate of drug-likeness (QED) is 0.872. The van der Waals surface area contributed by atoms with E-state index in [-0.39, 0.29) is 18.1 Å². The largest absolute Gasteiger partial charge is 0.380 e. The zero-order chi connectivity index (χ0) is 15.2. The van der Waals surface area contributed by atoms with Crippen molar-refractivity contribution in [2.75, 3.05) is 20.2 Å². The van der Waals surface area contributed by atoms with Crippen molar-refractivity contribution in [2.24, 2.45) is 5.92 Å². The summed E-state index contributed by atoms with van der Waals surface area (Å²) in [5, 5.41) is 3.28. The number of rotatable bonds is 6. The van der Waals surface area contributed by atoms with Crippen LogP contribution in [0.15, 0.2) is 30.3 Å². The van der Waals surface area contributed by atoms with Gasteiger partial charge in [0.1, 0.15) is 0 Å². The van der Waals surface area contributed by atoms with Gasteiger partial charge in [-0.2, -0.15) is 0 Å². The van der Waals surface area contributed by atoms with Gasteiger partial charge < -0.3 is 15.0 Å². The Morgan fingerprint density at radius 2 is 2.10 bits per heavy atom. The van der Waals surface area contributed by atoms with Crippen LogP contribution in [0.4, 0.5) is 0 Å². The summed E-state index contributed by atoms with van der Waals surface area (Å²) < 4.78 is 5.34. The van der Waals surface area contributed by atoms with E-state index in [0.29, 0.717) is 12.5 Å². The lowest BCUT2D eigenvalue weighted by molar-refractivity contribution is -0.134. The van der Waals surface area contributed by atoms with Crippen LogP contribution >= 0.6 is 0 Å². The molecule has 1 heterocycles. The van der Waals surface area contributed by atoms with E-state index >= 15 is 0 Å². The molecule has 1 amide bonds. The highest BCUT2D eigenvalue weighted by Gasteiger charge is 2.32. The second-order valence-electron chi connectivity index (χ2n) is 6.15. The van der Waals surface area contributed by atoms with Gasteiger partial charge in [-0.1, -0.05) is 44.2 Å². The minimum Gasteiger partial charge on any atom is -0.380 e. The monoisotopic (exact) mass is 290 g/mol. The van der Waals surface area contributed by atoms with E-state index in [2.05, 4.69) is 31.3 Å². The van der Waals surface area contributed by atoms with Gasteiger partial charge in [-0.3, -0.25) is 4.79 Å². The molecular weight excluding hydrogens is 264 g/mol. The van der Waals surface area contributed by atoms with Crippen LogP contribution in [0.25, 0.3) is 0 Å². The normalized spacial score (nSPS) is 21.7. The number of benzene rings is 1. The van der Waals surface area contributed by atoms with Gasteiger partial charge in [-0.05, 0) is 17.9 Å². The maximum Gasteiger partial charge on any atom is 0.240 e. The van der Waals surface area contributed by atoms with Crippen LogP contribution in [0.5, 0.6) is 0 Å². The third-order valence-corrected chi connectivity index (χ3v) is 3.84. The van der Waals surface area contributed by atoms with E-state index in [9.17, 15) is 4.79 Å². The molecule has 2 atom stereocenters. The molecular formula is C17H26N2O2. The third-order valence-electron chi connectivity index (χ3n) is 3.84. The molecule has 0 saturated carbocycles. The third kappa shape index (κ3) is 4.55. The Labute approximate surface area is 127 Å². The van der Waals surface area contributed by atoms with Crippen molar-refractivity contribution in [3.8, 4) is 0 Å². The smallest absolute Gasteiger partial charge is 0.240 e. The van der Waals surface area contributed by atoms with Crippen LogP contribution in [0.2, 0.25) is 0 Å². The van der Waals surface area contributed by atoms with E-state index in [0.717, 1.165) is 19.5 Å². The second kappa shape index (κ2) is 7.57. The number of nitrogens with zero attached hydrogens (tertiary/aromatic N) is 1. The maximum atomic E-state index is 12.8. The van der Waals surface area contributed by atoms with Crippen LogP contribution in [0.1, 0.15) is 25.8 Å². The zero-order valence-electron chi connectivity index (χ0n) is 13.2. The average Bonchev–Trinajstić information content (AvgIpc) is 2.95. The van der Waals surface area contributed by atoms with E-state index < -0.39 is 0 Å². The standard InChI is InChI=1S/C17H26N2O2/c1-13(2)11-19(12-14-7-5-4-6-8-14)17(20)16-9-15(21-3)10-18-16/h4-8,13,15-16,18H,9-12H2,1-3H3/t15-,16-/m1/s1. The van der Waals surface area contributed by atoms with Crippen LogP contribution in [0.3, 0.4) is 0 Å². The number of ether oxygens (including phenoxy) is 1. The van der Waals surface area contributed by atoms with Gasteiger partial charge in [0.25, 0.3) is 0 Å². The Morgan fingerprint density at radius 3 is 2.67 bits per heavy atom. The van der Waals surface area contributed by atoms with E-state index in [4.69, 9.17) is 4.74 Å². The first-order valence-electron chi connectivity index (χ1n) is 7.69. The van der Waals surface area contributed by atoms with Crippen molar-refractivity contribution < 1.29 is 9.53 Å². The Bertz CT molecular complexity index is 447. The molecule has 1 aromatic carbocycles. The molecule has 1 aliphatic heterocycles. The Kier molecular flexibility index (Phi) is 5.76. The number of carbonyl (C=O) groups excluding carboxylic acids is 1. The Hall–Kier alpha value is -1.39. The predicted octanol–water partition coefficient (Wildman–Crippen LogP) is 2.05. The average molecular weight is 290 g/mol. The summed E-state index contributed by atoms with van der Waals surface area (Å²) in [6.45, 7) is 6.50. The van der Waals surface area contributed by atoms with Crippen molar-refractivity contribution in [1.29, 1.82) is 0 Å². The number of nitrogens with one attached hydrogen (secondary N) is 1. The first kappa shape index (κ1) is 16.0. The molecule has 0 bridgehead atoms. The van der Waals surface area contributed by atoms with Gasteiger partial charge in [0.15, 0.2) is 0 Å². The fourth-order valence-electron chi connectivity index (χ4n) is 2.77. The molecule has 1 fully saturated rings. The van der Waals surface area contributed by atoms with E-state index in [1.165, 1.54) is 5.56 Å². The molecule has 0 aliphatic carbocycles. The summed E-state index contributed by atoms with van der Waals surface area (Å²) in [6.07, 6.45) is 0.912. The molecule has 0 unspecified atom stereocenters. The molecule has 116 valence electrons. The van der Waals surface area contributed by atoms with Gasteiger partial charge in [0.05, 0.1) is 12.1 Å². The molecule has 1 aromatic rings. The highest BCUT2D eigenvalue weighted by molar-refractivity contribution is 5.82. The first-order valence-corrected chi connectivity index (χ1v) is 7.69. The topological polar surface area (TPSA) is 41.6 Å². The van der Waals surface area contributed by atoms with Crippen molar-refractivity contribution >= 4 is 5.91 Å². The number of amides is 1. The Balaban J connectivity index is 2.03. The summed E-state index contributed by atoms with van der Waals surface area (Å²) in [5.41, 5.74) is 1.17. The van der Waals surface area contributed by atoms with Gasteiger partial charge in [-0.25, -0.2) is 0 Å². The fraction of sp³-hybridized carbons (Fsp3) is 0.588. The summed E-state index contributed by atoms with van der Waals surface area (Å²) >= 11 is 0. The summed E-state index contributed by atoms with van der Waals surface area (Å²) in [6, 6.07) is 10.1. The van der Waals surface area contributed by atoms with Gasteiger partial charge in [0.2, 0.25) is 5.91 Å². The van der Waals surface area contributed by atoms with Crippen LogP contribution in [-0.2, 0) is 16.1 Å². The lowest BCUT2D eigenvalue weighted by Crippen LogP contribution is -2.44. The molecule has 1 aliphatic rings. The molecule has 1 N–H and O–H groups in total. The first-order chi connectivity index (χ1) is 10.1. The summed E-state index contributed by atoms with van der Waals surface area (Å²) in [5.74, 6) is 0.643. The van der Waals surface area contributed by atoms with Gasteiger partial charge in [0, 0.05) is 26.7 Å². The second-order valence-corrected chi connectivity index (χ2v) is 6.15. The number of methoxy groups -OCH3 is 1. The van der Waals surface area contributed by atoms with Crippen molar-refractivity contribution in [3.05, 3.63) is 35.9 Å². The lowest BCUT2D eigenvalue weighted by Gasteiger charge is -2.27. The lowest BCUT2D eigenvalue weighted by atomic mass is 10.1. The van der Waals surface area contributed by atoms with Crippen LogP contribution in [0, 0.1) is 5.92 Å². The molecule has 4 nitrogen and oxygen atoms in total. The number of carbonyl (C=O) groups is 1. The van der Waals surface area contributed by atoms with Crippen LogP contribution < -0.4 is 5.32 Å². The molecule has 1 saturated heterocycles. The zero-order valence-corrected chi connectivity index (χ0v) is 13.2. The van der Waals surface area contributed by atoms with Crippen molar-refractivity contribution in [2.45, 2.75) is 39.0 Å². The fourth-order valence-corrected chi connectivity index (χ4v) is 2.77. The van der Waals surface area contributed by atoms with Crippen molar-refractivity contribution in [3.63, 3.8) is 0 Å². The maximum absolute atomic E-state index is 12.8. The minimum absolute atomic E-state index is 0.114. The molecule has 0 radical (unpaired) electrons. The predicted molar refractivity (Wildman–Crippen MR) is 83.9 cm³/mol. The van der Waals surface area contributed by atoms with Gasteiger partial charge in [-0.15, -0.1) is 0 Å². The van der Waals surface area contributed by atoms with Crippen molar-refractivity contribution in [1.82, 2.24) is 10.2 Å². The molecule has 0 aromatic heterocycles. The summed E-state index contributed by atoms with van der Waals surface area (Å²) in [7, 11) is 1.70. The highest BCUT2D eigenvalue weighted by Crippen LogP contribution is 2.15. The molecule has 0 spiro atoms.